The van der Waals surface area contributed by atoms with Crippen LogP contribution >= 0.6 is 0 Å². The van der Waals surface area contributed by atoms with Crippen LogP contribution < -0.4 is 11.2 Å². The fourth-order valence-electron chi connectivity index (χ4n) is 1.83. The Morgan fingerprint density at radius 3 is 3.12 bits per heavy atom. The van der Waals surface area contributed by atoms with Gasteiger partial charge in [0, 0.05) is 23.6 Å². The fraction of sp³-hybridized carbons (Fsp3) is 0.333. The lowest BCUT2D eigenvalue weighted by atomic mass is 10.1. The molecule has 0 fully saturated rings. The predicted molar refractivity (Wildman–Crippen MR) is 66.4 cm³/mol. The van der Waals surface area contributed by atoms with Crippen molar-refractivity contribution in [2.24, 2.45) is 5.90 Å². The van der Waals surface area contributed by atoms with Crippen LogP contribution in [0.15, 0.2) is 24.4 Å². The van der Waals surface area contributed by atoms with E-state index in [1.165, 1.54) is 0 Å². The highest BCUT2D eigenvalue weighted by molar-refractivity contribution is 5.84. The van der Waals surface area contributed by atoms with Gasteiger partial charge in [-0.3, -0.25) is 10.2 Å². The van der Waals surface area contributed by atoms with Crippen molar-refractivity contribution in [1.82, 2.24) is 10.3 Å². The number of hydrogen-bond donors (Lipinski definition) is 4. The Kier molecular flexibility index (Phi) is 3.63. The van der Waals surface area contributed by atoms with Crippen LogP contribution in [-0.4, -0.2) is 22.9 Å². The number of benzene rings is 1. The summed E-state index contributed by atoms with van der Waals surface area (Å²) in [6, 6.07) is 5.31. The molecule has 5 N–H and O–H groups in total. The van der Waals surface area contributed by atoms with Crippen LogP contribution in [0.4, 0.5) is 0 Å². The number of rotatable bonds is 5. The first-order valence-electron chi connectivity index (χ1n) is 5.58. The average Bonchev–Trinajstić information content (AvgIpc) is 2.72. The molecule has 2 aromatic rings. The van der Waals surface area contributed by atoms with Gasteiger partial charge in [-0.05, 0) is 37.1 Å². The fourth-order valence-corrected chi connectivity index (χ4v) is 1.83. The zero-order valence-corrected chi connectivity index (χ0v) is 9.73. The van der Waals surface area contributed by atoms with Gasteiger partial charge in [0.25, 0.3) is 0 Å². The van der Waals surface area contributed by atoms with Gasteiger partial charge in [0.1, 0.15) is 12.0 Å². The number of phenols is 1. The van der Waals surface area contributed by atoms with E-state index in [4.69, 9.17) is 5.90 Å². The normalized spacial score (nSPS) is 13.1. The molecule has 0 aliphatic rings. The summed E-state index contributed by atoms with van der Waals surface area (Å²) in [7, 11) is 0. The molecule has 0 bridgehead atoms. The molecule has 1 unspecified atom stereocenters. The predicted octanol–water partition coefficient (Wildman–Crippen LogP) is 1.24. The van der Waals surface area contributed by atoms with Crippen molar-refractivity contribution < 1.29 is 9.94 Å². The Hall–Kier alpha value is -1.56. The lowest BCUT2D eigenvalue weighted by molar-refractivity contribution is 0.0430. The smallest absolute Gasteiger partial charge is 0.126 e. The van der Waals surface area contributed by atoms with E-state index >= 15 is 0 Å². The van der Waals surface area contributed by atoms with Crippen molar-refractivity contribution in [3.8, 4) is 5.75 Å². The Bertz CT molecular complexity index is 495. The summed E-state index contributed by atoms with van der Waals surface area (Å²) >= 11 is 0. The molecule has 5 heteroatoms. The van der Waals surface area contributed by atoms with Gasteiger partial charge < -0.3 is 10.1 Å². The van der Waals surface area contributed by atoms with Crippen LogP contribution in [0.25, 0.3) is 10.9 Å². The molecule has 17 heavy (non-hydrogen) atoms. The topological polar surface area (TPSA) is 83.3 Å². The standard InChI is InChI=1S/C12H17N3O2/c1-8(17-13)14-5-4-9-7-15-12-3-2-10(16)6-11(9)12/h2-3,6-8,14-16H,4-5,13H2,1H3. The van der Waals surface area contributed by atoms with Gasteiger partial charge in [-0.1, -0.05) is 0 Å². The molecule has 92 valence electrons. The first kappa shape index (κ1) is 11.9. The van der Waals surface area contributed by atoms with Crippen LogP contribution in [0, 0.1) is 0 Å². The quantitative estimate of drug-likeness (QED) is 0.464. The third-order valence-electron chi connectivity index (χ3n) is 2.78. The Morgan fingerprint density at radius 2 is 2.35 bits per heavy atom. The Labute approximate surface area is 99.5 Å². The van der Waals surface area contributed by atoms with E-state index in [1.54, 1.807) is 12.1 Å². The number of phenolic OH excluding ortho intramolecular Hbond substituents is 1. The van der Waals surface area contributed by atoms with Crippen molar-refractivity contribution in [3.63, 3.8) is 0 Å². The van der Waals surface area contributed by atoms with E-state index in [2.05, 4.69) is 15.1 Å². The second-order valence-electron chi connectivity index (χ2n) is 4.03. The molecule has 5 nitrogen and oxygen atoms in total. The largest absolute Gasteiger partial charge is 0.508 e. The van der Waals surface area contributed by atoms with Crippen molar-refractivity contribution in [3.05, 3.63) is 30.0 Å². The zero-order valence-electron chi connectivity index (χ0n) is 9.73. The number of nitrogens with two attached hydrogens (primary N) is 1. The van der Waals surface area contributed by atoms with Crippen LogP contribution in [0.5, 0.6) is 5.75 Å². The molecule has 0 saturated heterocycles. The SMILES string of the molecule is CC(NCCc1c[nH]c2ccc(O)cc12)ON. The second-order valence-corrected chi connectivity index (χ2v) is 4.03. The highest BCUT2D eigenvalue weighted by Gasteiger charge is 2.05. The van der Waals surface area contributed by atoms with Crippen molar-refractivity contribution >= 4 is 10.9 Å². The number of H-pyrrole nitrogens is 1. The van der Waals surface area contributed by atoms with E-state index in [0.717, 1.165) is 29.4 Å². The molecule has 1 aromatic heterocycles. The first-order chi connectivity index (χ1) is 8.20. The number of fused-ring (bicyclic) bond motifs is 1. The maximum atomic E-state index is 9.46. The minimum absolute atomic E-state index is 0.159. The molecule has 0 spiro atoms. The average molecular weight is 235 g/mol. The van der Waals surface area contributed by atoms with Gasteiger partial charge in [0.2, 0.25) is 0 Å². The summed E-state index contributed by atoms with van der Waals surface area (Å²) < 4.78 is 0. The summed E-state index contributed by atoms with van der Waals surface area (Å²) in [4.78, 5) is 7.79. The van der Waals surface area contributed by atoms with E-state index in [1.807, 2.05) is 19.2 Å². The van der Waals surface area contributed by atoms with E-state index in [0.29, 0.717) is 0 Å². The molecular weight excluding hydrogens is 218 g/mol. The lowest BCUT2D eigenvalue weighted by Gasteiger charge is -2.10. The van der Waals surface area contributed by atoms with Gasteiger partial charge in [0.15, 0.2) is 0 Å². The second kappa shape index (κ2) is 5.18. The molecule has 1 aromatic carbocycles. The summed E-state index contributed by atoms with van der Waals surface area (Å²) in [5.41, 5.74) is 2.19. The van der Waals surface area contributed by atoms with E-state index < -0.39 is 0 Å². The Morgan fingerprint density at radius 1 is 1.53 bits per heavy atom. The molecule has 1 heterocycles. The number of nitrogens with one attached hydrogen (secondary N) is 2. The van der Waals surface area contributed by atoms with Crippen LogP contribution in [0.3, 0.4) is 0 Å². The van der Waals surface area contributed by atoms with Gasteiger partial charge in [-0.2, -0.15) is 0 Å². The number of hydrogen-bond acceptors (Lipinski definition) is 4. The molecule has 0 aliphatic carbocycles. The maximum absolute atomic E-state index is 9.46. The van der Waals surface area contributed by atoms with Crippen molar-refractivity contribution in [2.75, 3.05) is 6.54 Å². The highest BCUT2D eigenvalue weighted by atomic mass is 16.6. The lowest BCUT2D eigenvalue weighted by Crippen LogP contribution is -2.32. The van der Waals surface area contributed by atoms with Crippen LogP contribution in [0.2, 0.25) is 0 Å². The maximum Gasteiger partial charge on any atom is 0.126 e. The number of aromatic amines is 1. The van der Waals surface area contributed by atoms with Gasteiger partial charge >= 0.3 is 0 Å². The molecule has 0 amide bonds. The molecule has 0 saturated carbocycles. The summed E-state index contributed by atoms with van der Waals surface area (Å²) in [5, 5.41) is 13.6. The number of aromatic hydroxyl groups is 1. The molecule has 0 aliphatic heterocycles. The monoisotopic (exact) mass is 235 g/mol. The summed E-state index contributed by atoms with van der Waals surface area (Å²) in [6.45, 7) is 2.61. The first-order valence-corrected chi connectivity index (χ1v) is 5.58. The van der Waals surface area contributed by atoms with Gasteiger partial charge in [0.05, 0.1) is 0 Å². The molecule has 0 radical (unpaired) electrons. The third kappa shape index (κ3) is 2.76. The molecular formula is C12H17N3O2. The van der Waals surface area contributed by atoms with Gasteiger partial charge in [-0.25, -0.2) is 5.90 Å². The summed E-state index contributed by atoms with van der Waals surface area (Å²) in [5.74, 6) is 5.32. The zero-order chi connectivity index (χ0) is 12.3. The minimum Gasteiger partial charge on any atom is -0.508 e. The highest BCUT2D eigenvalue weighted by Crippen LogP contribution is 2.22. The van der Waals surface area contributed by atoms with Crippen molar-refractivity contribution in [2.45, 2.75) is 19.6 Å². The van der Waals surface area contributed by atoms with Crippen molar-refractivity contribution in [1.29, 1.82) is 0 Å². The molecule has 1 atom stereocenters. The minimum atomic E-state index is -0.159. The molecule has 2 rings (SSSR count). The third-order valence-corrected chi connectivity index (χ3v) is 2.78. The number of aromatic nitrogens is 1. The Balaban J connectivity index is 2.06. The van der Waals surface area contributed by atoms with E-state index in [9.17, 15) is 5.11 Å². The van der Waals surface area contributed by atoms with E-state index in [-0.39, 0.29) is 12.0 Å². The van der Waals surface area contributed by atoms with Gasteiger partial charge in [-0.15, -0.1) is 0 Å². The summed E-state index contributed by atoms with van der Waals surface area (Å²) in [6.07, 6.45) is 2.64. The van der Waals surface area contributed by atoms with Crippen LogP contribution in [-0.2, 0) is 11.3 Å². The van der Waals surface area contributed by atoms with Crippen LogP contribution in [0.1, 0.15) is 12.5 Å².